The third-order valence-corrected chi connectivity index (χ3v) is 3.76. The number of benzene rings is 4. The van der Waals surface area contributed by atoms with Gasteiger partial charge in [-0.3, -0.25) is 0 Å². The van der Waals surface area contributed by atoms with Crippen molar-refractivity contribution in [1.82, 2.24) is 0 Å². The van der Waals surface area contributed by atoms with Gasteiger partial charge in [-0.15, -0.1) is 34.0 Å². The SMILES string of the molecule is Br.Br.Cc1ccccc1.Cc1ccccc1.Cc1ccccc1.Cc1ccccc1. The van der Waals surface area contributed by atoms with Crippen LogP contribution in [0.3, 0.4) is 0 Å². The van der Waals surface area contributed by atoms with Gasteiger partial charge in [-0.25, -0.2) is 0 Å². The second-order valence-electron chi connectivity index (χ2n) is 6.62. The Morgan fingerprint density at radius 3 is 0.467 bits per heavy atom. The molecule has 4 aromatic rings. The number of aryl methyl sites for hydroxylation is 4. The Kier molecular flexibility index (Phi) is 20.2. The Labute approximate surface area is 204 Å². The highest BCUT2D eigenvalue weighted by Crippen LogP contribution is 1.94. The van der Waals surface area contributed by atoms with E-state index in [1.165, 1.54) is 22.3 Å². The summed E-state index contributed by atoms with van der Waals surface area (Å²) in [7, 11) is 0. The zero-order valence-corrected chi connectivity index (χ0v) is 21.8. The molecule has 0 radical (unpaired) electrons. The summed E-state index contributed by atoms with van der Waals surface area (Å²) < 4.78 is 0. The molecule has 0 aliphatic heterocycles. The average molecular weight is 530 g/mol. The lowest BCUT2D eigenvalue weighted by Gasteiger charge is -1.82. The maximum Gasteiger partial charge on any atom is -0.0398 e. The van der Waals surface area contributed by atoms with E-state index >= 15 is 0 Å². The topological polar surface area (TPSA) is 0 Å². The molecule has 0 fully saturated rings. The van der Waals surface area contributed by atoms with Crippen LogP contribution in [0.4, 0.5) is 0 Å². The minimum Gasteiger partial charge on any atom is -0.114 e. The van der Waals surface area contributed by atoms with Crippen molar-refractivity contribution < 1.29 is 0 Å². The maximum atomic E-state index is 2.08. The summed E-state index contributed by atoms with van der Waals surface area (Å²) in [6.45, 7) is 8.33. The van der Waals surface area contributed by atoms with Crippen LogP contribution >= 0.6 is 34.0 Å². The van der Waals surface area contributed by atoms with Gasteiger partial charge in [-0.05, 0) is 27.7 Å². The highest BCUT2D eigenvalue weighted by molar-refractivity contribution is 8.93. The maximum absolute atomic E-state index is 2.08. The molecule has 30 heavy (non-hydrogen) atoms. The quantitative estimate of drug-likeness (QED) is 0.213. The molecule has 0 saturated carbocycles. The fourth-order valence-electron chi connectivity index (χ4n) is 2.14. The lowest BCUT2D eigenvalue weighted by atomic mass is 10.2. The van der Waals surface area contributed by atoms with Crippen molar-refractivity contribution in [2.24, 2.45) is 0 Å². The molecular formula is C28H34Br2. The number of rotatable bonds is 0. The molecule has 0 spiro atoms. The Balaban J connectivity index is 0. The van der Waals surface area contributed by atoms with Crippen molar-refractivity contribution in [2.75, 3.05) is 0 Å². The first-order chi connectivity index (χ1) is 13.6. The summed E-state index contributed by atoms with van der Waals surface area (Å²) in [5.41, 5.74) is 5.29. The highest BCUT2D eigenvalue weighted by atomic mass is 79.9. The average Bonchev–Trinajstić information content (AvgIpc) is 2.72. The van der Waals surface area contributed by atoms with Crippen molar-refractivity contribution in [1.29, 1.82) is 0 Å². The summed E-state index contributed by atoms with van der Waals surface area (Å²) in [5.74, 6) is 0. The van der Waals surface area contributed by atoms with E-state index in [9.17, 15) is 0 Å². The van der Waals surface area contributed by atoms with Gasteiger partial charge in [0.1, 0.15) is 0 Å². The molecule has 0 atom stereocenters. The van der Waals surface area contributed by atoms with E-state index < -0.39 is 0 Å². The summed E-state index contributed by atoms with van der Waals surface area (Å²) in [4.78, 5) is 0. The molecule has 0 heterocycles. The Hall–Kier alpha value is -2.16. The van der Waals surface area contributed by atoms with Gasteiger partial charge >= 0.3 is 0 Å². The molecule has 0 unspecified atom stereocenters. The lowest BCUT2D eigenvalue weighted by molar-refractivity contribution is 1.48. The third kappa shape index (κ3) is 17.9. The lowest BCUT2D eigenvalue weighted by Crippen LogP contribution is -1.62. The predicted molar refractivity (Wildman–Crippen MR) is 145 cm³/mol. The molecule has 0 aromatic heterocycles. The fourth-order valence-corrected chi connectivity index (χ4v) is 2.14. The van der Waals surface area contributed by atoms with Crippen LogP contribution in [0.2, 0.25) is 0 Å². The molecule has 0 saturated heterocycles. The molecule has 160 valence electrons. The molecule has 4 rings (SSSR count). The van der Waals surface area contributed by atoms with Gasteiger partial charge in [0, 0.05) is 0 Å². The molecule has 0 amide bonds. The van der Waals surface area contributed by atoms with Crippen molar-refractivity contribution in [3.8, 4) is 0 Å². The van der Waals surface area contributed by atoms with Gasteiger partial charge in [-0.1, -0.05) is 144 Å². The van der Waals surface area contributed by atoms with Crippen LogP contribution in [0.25, 0.3) is 0 Å². The zero-order valence-electron chi connectivity index (χ0n) is 18.4. The molecule has 4 aromatic carbocycles. The smallest absolute Gasteiger partial charge is 0.0398 e. The molecule has 0 nitrogen and oxygen atoms in total. The van der Waals surface area contributed by atoms with Crippen LogP contribution < -0.4 is 0 Å². The first-order valence-electron chi connectivity index (χ1n) is 9.64. The molecule has 0 N–H and O–H groups in total. The monoisotopic (exact) mass is 528 g/mol. The second kappa shape index (κ2) is 20.1. The molecule has 0 aliphatic rings. The van der Waals surface area contributed by atoms with Crippen LogP contribution in [0, 0.1) is 27.7 Å². The van der Waals surface area contributed by atoms with Gasteiger partial charge in [0.2, 0.25) is 0 Å². The van der Waals surface area contributed by atoms with Crippen molar-refractivity contribution in [3.63, 3.8) is 0 Å². The Morgan fingerprint density at radius 1 is 0.267 bits per heavy atom. The minimum atomic E-state index is 0. The van der Waals surface area contributed by atoms with Crippen LogP contribution in [-0.4, -0.2) is 0 Å². The van der Waals surface area contributed by atoms with E-state index in [1.807, 2.05) is 72.8 Å². The third-order valence-electron chi connectivity index (χ3n) is 3.76. The predicted octanol–water partition coefficient (Wildman–Crippen LogP) is 9.14. The molecule has 0 aliphatic carbocycles. The van der Waals surface area contributed by atoms with E-state index in [0.29, 0.717) is 0 Å². The minimum absolute atomic E-state index is 0. The van der Waals surface area contributed by atoms with E-state index in [-0.39, 0.29) is 34.0 Å². The second-order valence-corrected chi connectivity index (χ2v) is 6.62. The van der Waals surface area contributed by atoms with Gasteiger partial charge in [-0.2, -0.15) is 0 Å². The first-order valence-corrected chi connectivity index (χ1v) is 9.64. The van der Waals surface area contributed by atoms with Gasteiger partial charge < -0.3 is 0 Å². The highest BCUT2D eigenvalue weighted by Gasteiger charge is 1.74. The van der Waals surface area contributed by atoms with E-state index in [1.54, 1.807) is 0 Å². The summed E-state index contributed by atoms with van der Waals surface area (Å²) in [6, 6.07) is 41.0. The zero-order chi connectivity index (χ0) is 20.5. The number of hydrogen-bond donors (Lipinski definition) is 0. The standard InChI is InChI=1S/4C7H8.2BrH/c4*1-7-5-3-2-4-6-7;;/h4*2-6H,1H3;2*1H. The van der Waals surface area contributed by atoms with Crippen molar-refractivity contribution in [3.05, 3.63) is 144 Å². The summed E-state index contributed by atoms with van der Waals surface area (Å²) in [5, 5.41) is 0. The summed E-state index contributed by atoms with van der Waals surface area (Å²) in [6.07, 6.45) is 0. The fraction of sp³-hybridized carbons (Fsp3) is 0.143. The Bertz CT molecular complexity index is 680. The van der Waals surface area contributed by atoms with Crippen molar-refractivity contribution in [2.45, 2.75) is 27.7 Å². The van der Waals surface area contributed by atoms with E-state index in [0.717, 1.165) is 0 Å². The normalized spacial score (nSPS) is 8.13. The van der Waals surface area contributed by atoms with Gasteiger partial charge in [0.15, 0.2) is 0 Å². The van der Waals surface area contributed by atoms with Crippen molar-refractivity contribution >= 4 is 34.0 Å². The number of hydrogen-bond acceptors (Lipinski definition) is 0. The van der Waals surface area contributed by atoms with Crippen LogP contribution in [0.15, 0.2) is 121 Å². The van der Waals surface area contributed by atoms with Gasteiger partial charge in [0.25, 0.3) is 0 Å². The number of halogens is 2. The molecule has 2 heteroatoms. The van der Waals surface area contributed by atoms with Crippen LogP contribution in [0.5, 0.6) is 0 Å². The Morgan fingerprint density at radius 2 is 0.400 bits per heavy atom. The van der Waals surface area contributed by atoms with Gasteiger partial charge in [0.05, 0.1) is 0 Å². The summed E-state index contributed by atoms with van der Waals surface area (Å²) >= 11 is 0. The molecule has 0 bridgehead atoms. The largest absolute Gasteiger partial charge is 0.114 e. The van der Waals surface area contributed by atoms with E-state index in [4.69, 9.17) is 0 Å². The first kappa shape index (κ1) is 30.0. The molecular weight excluding hydrogens is 496 g/mol. The van der Waals surface area contributed by atoms with Crippen LogP contribution in [-0.2, 0) is 0 Å². The van der Waals surface area contributed by atoms with Crippen LogP contribution in [0.1, 0.15) is 22.3 Å². The van der Waals surface area contributed by atoms with E-state index in [2.05, 4.69) is 76.2 Å².